The predicted molar refractivity (Wildman–Crippen MR) is 159 cm³/mol. The summed E-state index contributed by atoms with van der Waals surface area (Å²) in [6.07, 6.45) is 7.20. The number of esters is 2. The Bertz CT molecular complexity index is 1380. The zero-order valence-corrected chi connectivity index (χ0v) is 23.5. The van der Waals surface area contributed by atoms with Gasteiger partial charge in [0.05, 0.1) is 13.2 Å². The third kappa shape index (κ3) is 9.53. The zero-order valence-electron chi connectivity index (χ0n) is 23.5. The molecule has 0 bridgehead atoms. The van der Waals surface area contributed by atoms with Crippen LogP contribution < -0.4 is 0 Å². The second kappa shape index (κ2) is 15.9. The second-order valence-corrected chi connectivity index (χ2v) is 9.74. The first-order valence-corrected chi connectivity index (χ1v) is 13.8. The second-order valence-electron chi connectivity index (χ2n) is 9.74. The number of hydrogen-bond donors (Lipinski definition) is 0. The summed E-state index contributed by atoms with van der Waals surface area (Å²) >= 11 is 0. The van der Waals surface area contributed by atoms with Gasteiger partial charge in [-0.15, -0.1) is 0 Å². The van der Waals surface area contributed by atoms with Crippen molar-refractivity contribution in [2.45, 2.75) is 45.4 Å². The lowest BCUT2D eigenvalue weighted by atomic mass is 9.93. The Morgan fingerprint density at radius 3 is 1.49 bits per heavy atom. The molecule has 0 radical (unpaired) electrons. The van der Waals surface area contributed by atoms with Crippen molar-refractivity contribution < 1.29 is 28.7 Å². The van der Waals surface area contributed by atoms with Gasteiger partial charge in [-0.05, 0) is 68.2 Å². The van der Waals surface area contributed by atoms with E-state index in [1.807, 2.05) is 55.5 Å². The van der Waals surface area contributed by atoms with Gasteiger partial charge in [-0.2, -0.15) is 0 Å². The minimum absolute atomic E-state index is 0.0898. The quantitative estimate of drug-likeness (QED) is 0.0866. The summed E-state index contributed by atoms with van der Waals surface area (Å²) < 4.78 is 9.97. The number of carbonyl (C=O) groups is 4. The number of unbranched alkanes of at least 4 members (excludes halogenated alkanes) is 2. The van der Waals surface area contributed by atoms with E-state index in [1.165, 1.54) is 0 Å². The third-order valence-electron chi connectivity index (χ3n) is 6.71. The molecule has 0 amide bonds. The van der Waals surface area contributed by atoms with E-state index in [0.29, 0.717) is 35.5 Å². The number of rotatable bonds is 16. The van der Waals surface area contributed by atoms with Crippen molar-refractivity contribution in [2.24, 2.45) is 0 Å². The van der Waals surface area contributed by atoms with E-state index < -0.39 is 11.9 Å². The Kier molecular flexibility index (Phi) is 12.0. The highest BCUT2D eigenvalue weighted by Crippen LogP contribution is 2.20. The fourth-order valence-corrected chi connectivity index (χ4v) is 4.35. The first kappa shape index (κ1) is 31.0. The van der Waals surface area contributed by atoms with Crippen LogP contribution in [0.1, 0.15) is 74.2 Å². The lowest BCUT2D eigenvalue weighted by molar-refractivity contribution is -0.138. The largest absolute Gasteiger partial charge is 0.463 e. The molecule has 212 valence electrons. The molecule has 0 saturated heterocycles. The average Bonchev–Trinajstić information content (AvgIpc) is 3.00. The van der Waals surface area contributed by atoms with Crippen LogP contribution in [-0.4, -0.2) is 36.7 Å². The fourth-order valence-electron chi connectivity index (χ4n) is 4.35. The van der Waals surface area contributed by atoms with Crippen LogP contribution in [0, 0.1) is 6.92 Å². The Morgan fingerprint density at radius 1 is 0.610 bits per heavy atom. The Hall–Kier alpha value is -4.58. The number of aryl methyl sites for hydroxylation is 3. The van der Waals surface area contributed by atoms with E-state index in [2.05, 4.69) is 13.2 Å². The molecule has 0 atom stereocenters. The molecule has 0 aliphatic heterocycles. The van der Waals surface area contributed by atoms with Crippen LogP contribution in [0.3, 0.4) is 0 Å². The number of hydrogen-bond acceptors (Lipinski definition) is 6. The van der Waals surface area contributed by atoms with Gasteiger partial charge in [0.15, 0.2) is 11.6 Å². The van der Waals surface area contributed by atoms with Crippen molar-refractivity contribution in [3.63, 3.8) is 0 Å². The minimum Gasteiger partial charge on any atom is -0.463 e. The maximum Gasteiger partial charge on any atom is 0.330 e. The van der Waals surface area contributed by atoms with Crippen LogP contribution in [0.4, 0.5) is 0 Å². The van der Waals surface area contributed by atoms with Gasteiger partial charge in [-0.25, -0.2) is 9.59 Å². The molecule has 0 heterocycles. The third-order valence-corrected chi connectivity index (χ3v) is 6.71. The van der Waals surface area contributed by atoms with Gasteiger partial charge in [-0.3, -0.25) is 9.59 Å². The van der Waals surface area contributed by atoms with Gasteiger partial charge in [0, 0.05) is 34.4 Å². The van der Waals surface area contributed by atoms with Gasteiger partial charge < -0.3 is 9.47 Å². The van der Waals surface area contributed by atoms with Crippen LogP contribution in [-0.2, 0) is 31.9 Å². The summed E-state index contributed by atoms with van der Waals surface area (Å²) in [5, 5.41) is 0. The fraction of sp³-hybridized carbons (Fsp3) is 0.257. The van der Waals surface area contributed by atoms with E-state index in [-0.39, 0.29) is 11.6 Å². The molecule has 0 N–H and O–H groups in total. The van der Waals surface area contributed by atoms with Crippen molar-refractivity contribution in [2.75, 3.05) is 13.2 Å². The summed E-state index contributed by atoms with van der Waals surface area (Å²) in [5.41, 5.74) is 5.22. The molecular weight excluding hydrogens is 516 g/mol. The topological polar surface area (TPSA) is 86.7 Å². The average molecular weight is 553 g/mol. The van der Waals surface area contributed by atoms with Crippen molar-refractivity contribution in [1.82, 2.24) is 0 Å². The van der Waals surface area contributed by atoms with Crippen molar-refractivity contribution in [1.29, 1.82) is 0 Å². The summed E-state index contributed by atoms with van der Waals surface area (Å²) in [6, 6.07) is 20.2. The van der Waals surface area contributed by atoms with E-state index in [0.717, 1.165) is 67.4 Å². The van der Waals surface area contributed by atoms with Crippen molar-refractivity contribution in [3.8, 4) is 0 Å². The Morgan fingerprint density at radius 2 is 1.05 bits per heavy atom. The SMILES string of the molecule is C=CC(=O)OCCCCc1ccc(C(=O)c2ccc(C(=O)c3ccc(CCCCOC(=O)C=C)cc3)c(C)c2)cc1. The Labute approximate surface area is 241 Å². The minimum atomic E-state index is -0.413. The summed E-state index contributed by atoms with van der Waals surface area (Å²) in [6.45, 7) is 9.31. The molecule has 0 aromatic heterocycles. The molecule has 0 unspecified atom stereocenters. The lowest BCUT2D eigenvalue weighted by Crippen LogP contribution is -2.07. The summed E-state index contributed by atoms with van der Waals surface area (Å²) in [4.78, 5) is 48.4. The van der Waals surface area contributed by atoms with Crippen LogP contribution in [0.25, 0.3) is 0 Å². The molecule has 6 heteroatoms. The molecule has 0 saturated carbocycles. The molecule has 3 rings (SSSR count). The normalized spacial score (nSPS) is 10.5. The number of ether oxygens (including phenoxy) is 2. The molecule has 0 fully saturated rings. The monoisotopic (exact) mass is 552 g/mol. The number of ketones is 2. The first-order chi connectivity index (χ1) is 19.8. The molecule has 3 aromatic carbocycles. The van der Waals surface area contributed by atoms with Gasteiger partial charge in [0.1, 0.15) is 0 Å². The van der Waals surface area contributed by atoms with E-state index in [1.54, 1.807) is 18.2 Å². The van der Waals surface area contributed by atoms with Crippen molar-refractivity contribution in [3.05, 3.63) is 131 Å². The van der Waals surface area contributed by atoms with E-state index >= 15 is 0 Å². The maximum atomic E-state index is 13.2. The molecule has 0 aliphatic carbocycles. The molecule has 41 heavy (non-hydrogen) atoms. The Balaban J connectivity index is 1.53. The highest BCUT2D eigenvalue weighted by molar-refractivity contribution is 6.12. The molecule has 0 spiro atoms. The number of benzene rings is 3. The number of carbonyl (C=O) groups excluding carboxylic acids is 4. The van der Waals surface area contributed by atoms with E-state index in [9.17, 15) is 19.2 Å². The molecule has 3 aromatic rings. The van der Waals surface area contributed by atoms with Crippen LogP contribution >= 0.6 is 0 Å². The van der Waals surface area contributed by atoms with Gasteiger partial charge in [0.2, 0.25) is 0 Å². The van der Waals surface area contributed by atoms with Gasteiger partial charge in [-0.1, -0.05) is 73.8 Å². The first-order valence-electron chi connectivity index (χ1n) is 13.8. The maximum absolute atomic E-state index is 13.2. The van der Waals surface area contributed by atoms with Crippen LogP contribution in [0.5, 0.6) is 0 Å². The highest BCUT2D eigenvalue weighted by atomic mass is 16.5. The van der Waals surface area contributed by atoms with E-state index in [4.69, 9.17) is 9.47 Å². The summed E-state index contributed by atoms with van der Waals surface area (Å²) in [7, 11) is 0. The lowest BCUT2D eigenvalue weighted by Gasteiger charge is -2.09. The zero-order chi connectivity index (χ0) is 29.6. The van der Waals surface area contributed by atoms with Gasteiger partial charge >= 0.3 is 11.9 Å². The van der Waals surface area contributed by atoms with Crippen molar-refractivity contribution >= 4 is 23.5 Å². The summed E-state index contributed by atoms with van der Waals surface area (Å²) in [5.74, 6) is -1.01. The molecule has 0 aliphatic rings. The molecule has 6 nitrogen and oxygen atoms in total. The highest BCUT2D eigenvalue weighted by Gasteiger charge is 2.15. The van der Waals surface area contributed by atoms with Crippen LogP contribution in [0.15, 0.2) is 92.0 Å². The van der Waals surface area contributed by atoms with Crippen LogP contribution in [0.2, 0.25) is 0 Å². The smallest absolute Gasteiger partial charge is 0.330 e. The standard InChI is InChI=1S/C35H36O6/c1-4-32(36)40-22-8-6-10-26-12-16-28(17-13-26)34(38)30-20-21-31(25(3)24-30)35(39)29-18-14-27(15-19-29)11-7-9-23-41-33(37)5-2/h4-5,12-21,24H,1-2,6-11,22-23H2,3H3. The van der Waals surface area contributed by atoms with Gasteiger partial charge in [0.25, 0.3) is 0 Å². The predicted octanol–water partition coefficient (Wildman–Crippen LogP) is 6.56. The molecular formula is C35H36O6.